The van der Waals surface area contributed by atoms with Crippen molar-refractivity contribution in [2.24, 2.45) is 11.8 Å². The van der Waals surface area contributed by atoms with Crippen molar-refractivity contribution in [3.8, 4) is 0 Å². The molecule has 0 radical (unpaired) electrons. The van der Waals surface area contributed by atoms with Crippen molar-refractivity contribution >= 4 is 0 Å². The molecule has 0 spiro atoms. The van der Waals surface area contributed by atoms with E-state index in [-0.39, 0.29) is 6.29 Å². The Labute approximate surface area is 104 Å². The fourth-order valence-corrected chi connectivity index (χ4v) is 2.79. The Morgan fingerprint density at radius 3 is 2.65 bits per heavy atom. The van der Waals surface area contributed by atoms with Gasteiger partial charge in [-0.1, -0.05) is 19.9 Å². The number of ether oxygens (including phenoxy) is 2. The number of aliphatic hydroxyl groups is 1. The van der Waals surface area contributed by atoms with Crippen molar-refractivity contribution < 1.29 is 14.6 Å². The van der Waals surface area contributed by atoms with Crippen LogP contribution in [0.3, 0.4) is 0 Å². The molecule has 2 fully saturated rings. The van der Waals surface area contributed by atoms with Gasteiger partial charge in [-0.3, -0.25) is 0 Å². The van der Waals surface area contributed by atoms with Gasteiger partial charge in [-0.25, -0.2) is 0 Å². The van der Waals surface area contributed by atoms with Crippen molar-refractivity contribution in [1.29, 1.82) is 0 Å². The zero-order chi connectivity index (χ0) is 12.3. The molecule has 0 aromatic heterocycles. The lowest BCUT2D eigenvalue weighted by molar-refractivity contribution is -0.00932. The minimum Gasteiger partial charge on any atom is -0.386 e. The second-order valence-corrected chi connectivity index (χ2v) is 5.67. The minimum atomic E-state index is -0.650. The molecule has 2 aliphatic rings. The largest absolute Gasteiger partial charge is 0.386 e. The van der Waals surface area contributed by atoms with E-state index in [4.69, 9.17) is 9.47 Å². The summed E-state index contributed by atoms with van der Waals surface area (Å²) < 4.78 is 10.7. The van der Waals surface area contributed by atoms with Crippen LogP contribution in [0.5, 0.6) is 0 Å². The van der Waals surface area contributed by atoms with Crippen LogP contribution in [0.4, 0.5) is 0 Å². The highest BCUT2D eigenvalue weighted by Gasteiger charge is 2.33. The maximum atomic E-state index is 10.6. The van der Waals surface area contributed by atoms with Crippen LogP contribution in [0.2, 0.25) is 0 Å². The van der Waals surface area contributed by atoms with E-state index in [0.717, 1.165) is 19.3 Å². The lowest BCUT2D eigenvalue weighted by Crippen LogP contribution is -2.35. The summed E-state index contributed by atoms with van der Waals surface area (Å²) in [6.07, 6.45) is 7.60. The molecular weight excluding hydrogens is 216 g/mol. The number of rotatable bonds is 3. The van der Waals surface area contributed by atoms with Crippen LogP contribution >= 0.6 is 0 Å². The summed E-state index contributed by atoms with van der Waals surface area (Å²) in [6.45, 7) is 5.79. The first kappa shape index (κ1) is 13.1. The Kier molecular flexibility index (Phi) is 4.23. The second-order valence-electron chi connectivity index (χ2n) is 5.67. The van der Waals surface area contributed by atoms with E-state index in [1.165, 1.54) is 6.42 Å². The van der Waals surface area contributed by atoms with Crippen LogP contribution in [0.1, 0.15) is 39.5 Å². The molecule has 0 aromatic carbocycles. The van der Waals surface area contributed by atoms with Crippen LogP contribution in [0, 0.1) is 11.8 Å². The van der Waals surface area contributed by atoms with Crippen LogP contribution in [0.25, 0.3) is 0 Å². The molecule has 1 aliphatic heterocycles. The predicted octanol–water partition coefficient (Wildman–Crippen LogP) is 2.49. The molecule has 3 nitrogen and oxygen atoms in total. The summed E-state index contributed by atoms with van der Waals surface area (Å²) in [5, 5.41) is 10.6. The lowest BCUT2D eigenvalue weighted by Gasteiger charge is -2.36. The van der Waals surface area contributed by atoms with Gasteiger partial charge in [0.05, 0.1) is 18.8 Å². The molecule has 1 aliphatic carbocycles. The van der Waals surface area contributed by atoms with Gasteiger partial charge >= 0.3 is 0 Å². The second kappa shape index (κ2) is 5.51. The summed E-state index contributed by atoms with van der Waals surface area (Å²) in [4.78, 5) is 0. The minimum absolute atomic E-state index is 0.251. The highest BCUT2D eigenvalue weighted by Crippen LogP contribution is 2.37. The maximum Gasteiger partial charge on any atom is 0.177 e. The van der Waals surface area contributed by atoms with E-state index in [0.29, 0.717) is 25.0 Å². The van der Waals surface area contributed by atoms with Gasteiger partial charge < -0.3 is 14.6 Å². The van der Waals surface area contributed by atoms with Gasteiger partial charge in [-0.2, -0.15) is 0 Å². The average molecular weight is 240 g/mol. The van der Waals surface area contributed by atoms with Crippen LogP contribution < -0.4 is 0 Å². The third-order valence-corrected chi connectivity index (χ3v) is 3.95. The fourth-order valence-electron chi connectivity index (χ4n) is 2.79. The van der Waals surface area contributed by atoms with Crippen molar-refractivity contribution in [3.63, 3.8) is 0 Å². The zero-order valence-electron chi connectivity index (χ0n) is 10.9. The van der Waals surface area contributed by atoms with E-state index in [1.807, 2.05) is 12.2 Å². The Morgan fingerprint density at radius 1 is 1.29 bits per heavy atom. The maximum absolute atomic E-state index is 10.6. The molecule has 2 rings (SSSR count). The predicted molar refractivity (Wildman–Crippen MR) is 66.6 cm³/mol. The summed E-state index contributed by atoms with van der Waals surface area (Å²) >= 11 is 0. The summed E-state index contributed by atoms with van der Waals surface area (Å²) in [5.74, 6) is 1.28. The summed E-state index contributed by atoms with van der Waals surface area (Å²) in [5.41, 5.74) is -0.650. The van der Waals surface area contributed by atoms with Gasteiger partial charge in [0.1, 0.15) is 0 Å². The lowest BCUT2D eigenvalue weighted by atomic mass is 9.73. The summed E-state index contributed by atoms with van der Waals surface area (Å²) in [7, 11) is 0. The smallest absolute Gasteiger partial charge is 0.177 e. The standard InChI is InChI=1S/C14H24O3/c1-11(2)12-4-3-6-14(15,10-12)7-5-13-16-8-9-17-13/h5,7,11-13,15H,3-4,6,8-10H2,1-2H3. The molecule has 2 unspecified atom stereocenters. The molecule has 98 valence electrons. The average Bonchev–Trinajstić information content (AvgIpc) is 2.79. The molecule has 1 saturated heterocycles. The van der Waals surface area contributed by atoms with Crippen LogP contribution in [0.15, 0.2) is 12.2 Å². The molecule has 17 heavy (non-hydrogen) atoms. The summed E-state index contributed by atoms with van der Waals surface area (Å²) in [6, 6.07) is 0. The van der Waals surface area contributed by atoms with E-state index in [9.17, 15) is 5.11 Å². The van der Waals surface area contributed by atoms with E-state index >= 15 is 0 Å². The van der Waals surface area contributed by atoms with E-state index in [2.05, 4.69) is 13.8 Å². The molecule has 1 N–H and O–H groups in total. The first-order valence-electron chi connectivity index (χ1n) is 6.74. The van der Waals surface area contributed by atoms with Crippen molar-refractivity contribution in [2.75, 3.05) is 13.2 Å². The molecule has 0 bridgehead atoms. The van der Waals surface area contributed by atoms with Gasteiger partial charge in [0, 0.05) is 0 Å². The van der Waals surface area contributed by atoms with Gasteiger partial charge in [-0.05, 0) is 43.6 Å². The van der Waals surface area contributed by atoms with Crippen molar-refractivity contribution in [2.45, 2.75) is 51.4 Å². The first-order chi connectivity index (χ1) is 8.09. The fraction of sp³-hybridized carbons (Fsp3) is 0.857. The van der Waals surface area contributed by atoms with Gasteiger partial charge in [0.2, 0.25) is 0 Å². The molecule has 0 amide bonds. The first-order valence-corrected chi connectivity index (χ1v) is 6.74. The third-order valence-electron chi connectivity index (χ3n) is 3.95. The van der Waals surface area contributed by atoms with Gasteiger partial charge in [0.25, 0.3) is 0 Å². The highest BCUT2D eigenvalue weighted by atomic mass is 16.7. The number of hydrogen-bond donors (Lipinski definition) is 1. The molecular formula is C14H24O3. The van der Waals surface area contributed by atoms with Crippen LogP contribution in [-0.4, -0.2) is 30.2 Å². The normalized spacial score (nSPS) is 36.1. The molecule has 2 atom stereocenters. The zero-order valence-corrected chi connectivity index (χ0v) is 10.9. The quantitative estimate of drug-likeness (QED) is 0.770. The third kappa shape index (κ3) is 3.54. The number of hydrogen-bond acceptors (Lipinski definition) is 3. The Balaban J connectivity index is 1.92. The molecule has 1 saturated carbocycles. The topological polar surface area (TPSA) is 38.7 Å². The highest BCUT2D eigenvalue weighted by molar-refractivity contribution is 5.05. The monoisotopic (exact) mass is 240 g/mol. The molecule has 1 heterocycles. The van der Waals surface area contributed by atoms with Crippen molar-refractivity contribution in [3.05, 3.63) is 12.2 Å². The Morgan fingerprint density at radius 2 is 2.00 bits per heavy atom. The molecule has 0 aromatic rings. The molecule has 3 heteroatoms. The van der Waals surface area contributed by atoms with Gasteiger partial charge in [-0.15, -0.1) is 0 Å². The van der Waals surface area contributed by atoms with Gasteiger partial charge in [0.15, 0.2) is 6.29 Å². The van der Waals surface area contributed by atoms with Crippen LogP contribution in [-0.2, 0) is 9.47 Å². The Hall–Kier alpha value is -0.380. The van der Waals surface area contributed by atoms with E-state index in [1.54, 1.807) is 0 Å². The van der Waals surface area contributed by atoms with E-state index < -0.39 is 5.60 Å². The SMILES string of the molecule is CC(C)C1CCCC(O)(C=CC2OCCO2)C1. The Bertz CT molecular complexity index is 269. The van der Waals surface area contributed by atoms with Crippen molar-refractivity contribution in [1.82, 2.24) is 0 Å².